The summed E-state index contributed by atoms with van der Waals surface area (Å²) in [4.78, 5) is 13.5. The summed E-state index contributed by atoms with van der Waals surface area (Å²) >= 11 is 0. The molecule has 17 heavy (non-hydrogen) atoms. The van der Waals surface area contributed by atoms with Crippen molar-refractivity contribution >= 4 is 5.69 Å². The van der Waals surface area contributed by atoms with Crippen LogP contribution in [0.4, 0.5) is 14.5 Å². The Balaban J connectivity index is 2.67. The van der Waals surface area contributed by atoms with E-state index in [1.54, 1.807) is 0 Å². The van der Waals surface area contributed by atoms with E-state index in [9.17, 15) is 18.9 Å². The maximum atomic E-state index is 13.3. The standard InChI is InChI=1S/C11H6F2N2O2/c12-8-4-7(5-14-6-8)9-2-1-3-10(13)11(9)15(16)17/h1-6H. The van der Waals surface area contributed by atoms with Gasteiger partial charge < -0.3 is 0 Å². The summed E-state index contributed by atoms with van der Waals surface area (Å²) in [5, 5.41) is 10.8. The fraction of sp³-hybridized carbons (Fsp3) is 0. The van der Waals surface area contributed by atoms with E-state index < -0.39 is 22.2 Å². The lowest BCUT2D eigenvalue weighted by Gasteiger charge is -2.03. The Bertz CT molecular complexity index is 587. The van der Waals surface area contributed by atoms with Crippen molar-refractivity contribution in [3.05, 3.63) is 58.4 Å². The lowest BCUT2D eigenvalue weighted by Crippen LogP contribution is -1.96. The monoisotopic (exact) mass is 236 g/mol. The zero-order valence-corrected chi connectivity index (χ0v) is 8.43. The van der Waals surface area contributed by atoms with E-state index in [1.807, 2.05) is 0 Å². The smallest absolute Gasteiger partial charge is 0.261 e. The summed E-state index contributed by atoms with van der Waals surface area (Å²) in [6.45, 7) is 0. The summed E-state index contributed by atoms with van der Waals surface area (Å²) in [6.07, 6.45) is 2.21. The molecule has 0 saturated carbocycles. The van der Waals surface area contributed by atoms with Gasteiger partial charge in [0.15, 0.2) is 0 Å². The molecule has 0 spiro atoms. The Morgan fingerprint density at radius 3 is 2.65 bits per heavy atom. The fourth-order valence-electron chi connectivity index (χ4n) is 1.49. The van der Waals surface area contributed by atoms with E-state index in [1.165, 1.54) is 18.3 Å². The number of pyridine rings is 1. The van der Waals surface area contributed by atoms with Crippen LogP contribution < -0.4 is 0 Å². The molecule has 1 aromatic carbocycles. The third kappa shape index (κ3) is 2.10. The Hall–Kier alpha value is -2.37. The second-order valence-electron chi connectivity index (χ2n) is 3.28. The summed E-state index contributed by atoms with van der Waals surface area (Å²) in [6, 6.07) is 4.71. The van der Waals surface area contributed by atoms with Crippen LogP contribution in [0.1, 0.15) is 0 Å². The molecule has 0 bridgehead atoms. The lowest BCUT2D eigenvalue weighted by molar-refractivity contribution is -0.386. The maximum Gasteiger partial charge on any atom is 0.312 e. The predicted molar refractivity (Wildman–Crippen MR) is 56.2 cm³/mol. The average Bonchev–Trinajstić information content (AvgIpc) is 2.28. The molecule has 86 valence electrons. The third-order valence-corrected chi connectivity index (χ3v) is 2.19. The molecule has 6 heteroatoms. The molecule has 0 unspecified atom stereocenters. The fourth-order valence-corrected chi connectivity index (χ4v) is 1.49. The summed E-state index contributed by atoms with van der Waals surface area (Å²) < 4.78 is 26.3. The molecule has 2 rings (SSSR count). The molecule has 1 heterocycles. The zero-order chi connectivity index (χ0) is 12.4. The van der Waals surface area contributed by atoms with Crippen molar-refractivity contribution in [1.82, 2.24) is 4.98 Å². The molecule has 0 aliphatic rings. The SMILES string of the molecule is O=[N+]([O-])c1c(F)cccc1-c1cncc(F)c1. The largest absolute Gasteiger partial charge is 0.312 e. The molecule has 2 aromatic rings. The highest BCUT2D eigenvalue weighted by molar-refractivity contribution is 5.73. The van der Waals surface area contributed by atoms with Gasteiger partial charge in [-0.1, -0.05) is 6.07 Å². The maximum absolute atomic E-state index is 13.3. The molecular formula is C11H6F2N2O2. The first-order valence-electron chi connectivity index (χ1n) is 4.63. The van der Waals surface area contributed by atoms with Gasteiger partial charge in [0.1, 0.15) is 5.82 Å². The van der Waals surface area contributed by atoms with E-state index in [0.29, 0.717) is 0 Å². The summed E-state index contributed by atoms with van der Waals surface area (Å²) in [5.41, 5.74) is -0.516. The van der Waals surface area contributed by atoms with E-state index in [2.05, 4.69) is 4.98 Å². The molecule has 0 N–H and O–H groups in total. The summed E-state index contributed by atoms with van der Waals surface area (Å²) in [7, 11) is 0. The van der Waals surface area contributed by atoms with E-state index >= 15 is 0 Å². The molecule has 1 aromatic heterocycles. The van der Waals surface area contributed by atoms with Crippen molar-refractivity contribution in [1.29, 1.82) is 0 Å². The predicted octanol–water partition coefficient (Wildman–Crippen LogP) is 2.94. The zero-order valence-electron chi connectivity index (χ0n) is 8.43. The number of hydrogen-bond acceptors (Lipinski definition) is 3. The van der Waals surface area contributed by atoms with Gasteiger partial charge in [0.25, 0.3) is 0 Å². The highest BCUT2D eigenvalue weighted by atomic mass is 19.1. The number of nitrogens with zero attached hydrogens (tertiary/aromatic N) is 2. The molecule has 4 nitrogen and oxygen atoms in total. The normalized spacial score (nSPS) is 10.2. The Labute approximate surface area is 94.7 Å². The van der Waals surface area contributed by atoms with Gasteiger partial charge in [-0.05, 0) is 18.2 Å². The van der Waals surface area contributed by atoms with Crippen LogP contribution in [0.15, 0.2) is 36.7 Å². The van der Waals surface area contributed by atoms with Crippen LogP contribution in [0.2, 0.25) is 0 Å². The van der Waals surface area contributed by atoms with E-state index in [-0.39, 0.29) is 11.1 Å². The van der Waals surface area contributed by atoms with Crippen LogP contribution in [0, 0.1) is 21.7 Å². The molecule has 0 saturated heterocycles. The van der Waals surface area contributed by atoms with Gasteiger partial charge in [-0.25, -0.2) is 4.39 Å². The Kier molecular flexibility index (Phi) is 2.78. The number of benzene rings is 1. The average molecular weight is 236 g/mol. The first kappa shape index (κ1) is 11.1. The first-order valence-corrected chi connectivity index (χ1v) is 4.63. The van der Waals surface area contributed by atoms with Crippen LogP contribution in [0.25, 0.3) is 11.1 Å². The number of rotatable bonds is 2. The highest BCUT2D eigenvalue weighted by Gasteiger charge is 2.21. The lowest BCUT2D eigenvalue weighted by atomic mass is 10.1. The van der Waals surface area contributed by atoms with Crippen LogP contribution in [-0.4, -0.2) is 9.91 Å². The minimum Gasteiger partial charge on any atom is -0.261 e. The van der Waals surface area contributed by atoms with Gasteiger partial charge in [-0.15, -0.1) is 0 Å². The number of aromatic nitrogens is 1. The molecule has 0 aliphatic carbocycles. The van der Waals surface area contributed by atoms with Crippen LogP contribution in [-0.2, 0) is 0 Å². The van der Waals surface area contributed by atoms with Crippen molar-refractivity contribution in [2.45, 2.75) is 0 Å². The number of nitro groups is 1. The van der Waals surface area contributed by atoms with Gasteiger partial charge in [-0.2, -0.15) is 4.39 Å². The van der Waals surface area contributed by atoms with Crippen LogP contribution in [0.5, 0.6) is 0 Å². The van der Waals surface area contributed by atoms with Gasteiger partial charge in [-0.3, -0.25) is 15.1 Å². The number of hydrogen-bond donors (Lipinski definition) is 0. The molecular weight excluding hydrogens is 230 g/mol. The van der Waals surface area contributed by atoms with Gasteiger partial charge in [0.2, 0.25) is 5.82 Å². The van der Waals surface area contributed by atoms with Crippen LogP contribution >= 0.6 is 0 Å². The van der Waals surface area contributed by atoms with Crippen molar-refractivity contribution in [2.24, 2.45) is 0 Å². The Morgan fingerprint density at radius 1 is 1.24 bits per heavy atom. The van der Waals surface area contributed by atoms with Crippen molar-refractivity contribution in [3.8, 4) is 11.1 Å². The third-order valence-electron chi connectivity index (χ3n) is 2.19. The summed E-state index contributed by atoms with van der Waals surface area (Å²) in [5.74, 6) is -1.60. The molecule has 0 radical (unpaired) electrons. The van der Waals surface area contributed by atoms with Crippen molar-refractivity contribution < 1.29 is 13.7 Å². The highest BCUT2D eigenvalue weighted by Crippen LogP contribution is 2.31. The molecule has 0 atom stereocenters. The second kappa shape index (κ2) is 4.25. The number of nitro benzene ring substituents is 1. The van der Waals surface area contributed by atoms with Crippen molar-refractivity contribution in [3.63, 3.8) is 0 Å². The van der Waals surface area contributed by atoms with Gasteiger partial charge >= 0.3 is 5.69 Å². The first-order chi connectivity index (χ1) is 8.09. The quantitative estimate of drug-likeness (QED) is 0.595. The van der Waals surface area contributed by atoms with E-state index in [4.69, 9.17) is 0 Å². The number of halogens is 2. The Morgan fingerprint density at radius 2 is 2.00 bits per heavy atom. The number of para-hydroxylation sites is 1. The minimum absolute atomic E-state index is 0.00185. The molecule has 0 amide bonds. The van der Waals surface area contributed by atoms with Crippen molar-refractivity contribution in [2.75, 3.05) is 0 Å². The minimum atomic E-state index is -0.961. The van der Waals surface area contributed by atoms with E-state index in [0.717, 1.165) is 18.3 Å². The van der Waals surface area contributed by atoms with Crippen LogP contribution in [0.3, 0.4) is 0 Å². The topological polar surface area (TPSA) is 56.0 Å². The van der Waals surface area contributed by atoms with Gasteiger partial charge in [0, 0.05) is 11.8 Å². The van der Waals surface area contributed by atoms with Gasteiger partial charge in [0.05, 0.1) is 16.7 Å². The molecule has 0 fully saturated rings. The molecule has 0 aliphatic heterocycles. The second-order valence-corrected chi connectivity index (χ2v) is 3.28.